The summed E-state index contributed by atoms with van der Waals surface area (Å²) in [5.74, 6) is 0.210. The Kier molecular flexibility index (Phi) is 4.73. The van der Waals surface area contributed by atoms with Gasteiger partial charge in [-0.25, -0.2) is 0 Å². The van der Waals surface area contributed by atoms with E-state index in [1.165, 1.54) is 0 Å². The van der Waals surface area contributed by atoms with E-state index in [2.05, 4.69) is 5.32 Å². The lowest BCUT2D eigenvalue weighted by atomic mass is 10.2. The quantitative estimate of drug-likeness (QED) is 0.727. The van der Waals surface area contributed by atoms with Crippen LogP contribution in [0.1, 0.15) is 29.1 Å². The number of quaternary nitrogens is 1. The molecule has 21 heavy (non-hydrogen) atoms. The lowest BCUT2D eigenvalue weighted by Crippen LogP contribution is -2.86. The Morgan fingerprint density at radius 3 is 2.57 bits per heavy atom. The smallest absolute Gasteiger partial charge is 0.279 e. The van der Waals surface area contributed by atoms with Crippen LogP contribution in [0.25, 0.3) is 0 Å². The first-order valence-corrected chi connectivity index (χ1v) is 6.62. The molecule has 0 aliphatic heterocycles. The summed E-state index contributed by atoms with van der Waals surface area (Å²) in [6, 6.07) is 10.2. The van der Waals surface area contributed by atoms with Crippen molar-refractivity contribution in [2.45, 2.75) is 13.0 Å². The number of carbonyl (C=O) groups is 2. The third-order valence-corrected chi connectivity index (χ3v) is 3.10. The van der Waals surface area contributed by atoms with Crippen LogP contribution in [0.5, 0.6) is 0 Å². The number of anilines is 1. The van der Waals surface area contributed by atoms with E-state index in [1.54, 1.807) is 30.5 Å². The summed E-state index contributed by atoms with van der Waals surface area (Å²) >= 11 is 0. The molecule has 0 fully saturated rings. The van der Waals surface area contributed by atoms with E-state index in [4.69, 9.17) is 10.2 Å². The summed E-state index contributed by atoms with van der Waals surface area (Å²) in [6.07, 6.45) is 1.61. The maximum Gasteiger partial charge on any atom is 0.279 e. The van der Waals surface area contributed by atoms with Crippen molar-refractivity contribution in [1.29, 1.82) is 0 Å². The largest absolute Gasteiger partial charge is 0.463 e. The van der Waals surface area contributed by atoms with E-state index in [0.717, 1.165) is 5.76 Å². The number of furan rings is 1. The summed E-state index contributed by atoms with van der Waals surface area (Å²) in [5.41, 5.74) is 6.19. The molecule has 1 aromatic carbocycles. The van der Waals surface area contributed by atoms with Crippen molar-refractivity contribution in [2.75, 3.05) is 11.9 Å². The van der Waals surface area contributed by atoms with E-state index >= 15 is 0 Å². The third-order valence-electron chi connectivity index (χ3n) is 3.10. The fraction of sp³-hybridized carbons (Fsp3) is 0.200. The van der Waals surface area contributed by atoms with Crippen molar-refractivity contribution >= 4 is 17.5 Å². The Morgan fingerprint density at radius 2 is 2.00 bits per heavy atom. The van der Waals surface area contributed by atoms with Crippen molar-refractivity contribution in [3.8, 4) is 0 Å². The van der Waals surface area contributed by atoms with Gasteiger partial charge in [0.1, 0.15) is 6.04 Å². The second-order valence-corrected chi connectivity index (χ2v) is 4.73. The first-order chi connectivity index (χ1) is 10.1. The number of amides is 2. The van der Waals surface area contributed by atoms with Crippen molar-refractivity contribution in [1.82, 2.24) is 0 Å². The Balaban J connectivity index is 1.83. The Hall–Kier alpha value is -2.60. The molecule has 0 aliphatic carbocycles. The second kappa shape index (κ2) is 6.71. The van der Waals surface area contributed by atoms with Crippen LogP contribution >= 0.6 is 0 Å². The van der Waals surface area contributed by atoms with Gasteiger partial charge < -0.3 is 20.8 Å². The predicted octanol–water partition coefficient (Wildman–Crippen LogP) is 0.642. The highest BCUT2D eigenvalue weighted by Crippen LogP contribution is 2.09. The number of benzene rings is 1. The Labute approximate surface area is 122 Å². The highest BCUT2D eigenvalue weighted by Gasteiger charge is 2.13. The second-order valence-electron chi connectivity index (χ2n) is 4.73. The maximum absolute atomic E-state index is 11.8. The Morgan fingerprint density at radius 1 is 1.29 bits per heavy atom. The minimum absolute atomic E-state index is 0.0722. The van der Waals surface area contributed by atoms with E-state index in [1.807, 2.05) is 24.4 Å². The molecule has 0 spiro atoms. The number of carbonyl (C=O) groups excluding carboxylic acids is 2. The molecule has 6 nitrogen and oxygen atoms in total. The zero-order valence-electron chi connectivity index (χ0n) is 11.7. The zero-order chi connectivity index (χ0) is 15.2. The molecule has 2 aromatic rings. The number of hydrogen-bond acceptors (Lipinski definition) is 3. The van der Waals surface area contributed by atoms with Gasteiger partial charge in [0, 0.05) is 11.3 Å². The number of hydrogen-bond donors (Lipinski definition) is 3. The van der Waals surface area contributed by atoms with Crippen molar-refractivity contribution in [2.24, 2.45) is 5.73 Å². The van der Waals surface area contributed by atoms with Gasteiger partial charge in [0.2, 0.25) is 5.91 Å². The summed E-state index contributed by atoms with van der Waals surface area (Å²) < 4.78 is 5.27. The van der Waals surface area contributed by atoms with Crippen LogP contribution in [-0.4, -0.2) is 18.4 Å². The minimum atomic E-state index is -0.492. The third kappa shape index (κ3) is 4.19. The van der Waals surface area contributed by atoms with Crippen molar-refractivity contribution in [3.05, 3.63) is 54.0 Å². The summed E-state index contributed by atoms with van der Waals surface area (Å²) in [4.78, 5) is 22.8. The number of nitrogens with one attached hydrogen (secondary N) is 1. The first-order valence-electron chi connectivity index (χ1n) is 6.62. The minimum Gasteiger partial charge on any atom is -0.463 e. The molecule has 1 heterocycles. The molecular weight excluding hydrogens is 270 g/mol. The maximum atomic E-state index is 11.8. The molecule has 0 saturated carbocycles. The molecule has 6 heteroatoms. The van der Waals surface area contributed by atoms with Crippen LogP contribution in [0.15, 0.2) is 47.1 Å². The fourth-order valence-corrected chi connectivity index (χ4v) is 1.88. The fourth-order valence-electron chi connectivity index (χ4n) is 1.88. The average molecular weight is 288 g/mol. The molecule has 0 aliphatic rings. The lowest BCUT2D eigenvalue weighted by Gasteiger charge is -2.08. The van der Waals surface area contributed by atoms with Gasteiger partial charge in [-0.05, 0) is 43.3 Å². The number of primary amides is 1. The molecule has 110 valence electrons. The summed E-state index contributed by atoms with van der Waals surface area (Å²) in [7, 11) is 0. The van der Waals surface area contributed by atoms with Crippen LogP contribution in [-0.2, 0) is 4.79 Å². The number of nitrogens with two attached hydrogens (primary N) is 2. The van der Waals surface area contributed by atoms with Crippen LogP contribution in [0.4, 0.5) is 5.69 Å². The lowest BCUT2D eigenvalue weighted by molar-refractivity contribution is -0.684. The molecule has 2 amide bonds. The zero-order valence-corrected chi connectivity index (χ0v) is 11.7. The molecule has 0 unspecified atom stereocenters. The van der Waals surface area contributed by atoms with Crippen LogP contribution < -0.4 is 16.4 Å². The van der Waals surface area contributed by atoms with Gasteiger partial charge in [-0.1, -0.05) is 0 Å². The summed E-state index contributed by atoms with van der Waals surface area (Å²) in [6.45, 7) is 2.24. The molecule has 2 rings (SSSR count). The molecule has 1 atom stereocenters. The average Bonchev–Trinajstić information content (AvgIpc) is 2.99. The first kappa shape index (κ1) is 14.8. The van der Waals surface area contributed by atoms with Gasteiger partial charge in [-0.3, -0.25) is 9.59 Å². The molecular formula is C15H18N3O3+. The monoisotopic (exact) mass is 288 g/mol. The van der Waals surface area contributed by atoms with Gasteiger partial charge in [0.15, 0.2) is 12.3 Å². The van der Waals surface area contributed by atoms with Gasteiger partial charge >= 0.3 is 0 Å². The topological polar surface area (TPSA) is 102 Å². The van der Waals surface area contributed by atoms with Crippen LogP contribution in [0.2, 0.25) is 0 Å². The molecule has 0 radical (unpaired) electrons. The summed E-state index contributed by atoms with van der Waals surface area (Å²) in [5, 5.41) is 4.64. The van der Waals surface area contributed by atoms with Gasteiger partial charge in [0.25, 0.3) is 5.91 Å². The van der Waals surface area contributed by atoms with E-state index in [9.17, 15) is 9.59 Å². The molecule has 5 N–H and O–H groups in total. The van der Waals surface area contributed by atoms with Crippen LogP contribution in [0.3, 0.4) is 0 Å². The van der Waals surface area contributed by atoms with Gasteiger partial charge in [-0.2, -0.15) is 0 Å². The van der Waals surface area contributed by atoms with Crippen molar-refractivity contribution < 1.29 is 19.3 Å². The van der Waals surface area contributed by atoms with E-state index in [0.29, 0.717) is 11.3 Å². The SMILES string of the molecule is C[C@@H]([NH2+]CC(=O)Nc1ccc(C(N)=O)cc1)c1ccco1. The highest BCUT2D eigenvalue weighted by molar-refractivity contribution is 5.94. The van der Waals surface area contributed by atoms with E-state index in [-0.39, 0.29) is 18.5 Å². The van der Waals surface area contributed by atoms with Crippen molar-refractivity contribution in [3.63, 3.8) is 0 Å². The highest BCUT2D eigenvalue weighted by atomic mass is 16.3. The molecule has 0 bridgehead atoms. The normalized spacial score (nSPS) is 11.9. The number of rotatable bonds is 6. The molecule has 1 aromatic heterocycles. The van der Waals surface area contributed by atoms with Crippen LogP contribution in [0, 0.1) is 0 Å². The van der Waals surface area contributed by atoms with E-state index < -0.39 is 5.91 Å². The van der Waals surface area contributed by atoms with Gasteiger partial charge in [-0.15, -0.1) is 0 Å². The molecule has 0 saturated heterocycles. The predicted molar refractivity (Wildman–Crippen MR) is 77.5 cm³/mol. The standard InChI is InChI=1S/C15H17N3O3/c1-10(13-3-2-8-21-13)17-9-14(19)18-12-6-4-11(5-7-12)15(16)20/h2-8,10,17H,9H2,1H3,(H2,16,20)(H,18,19)/p+1/t10-/m1/s1. The van der Waals surface area contributed by atoms with Gasteiger partial charge in [0.05, 0.1) is 6.26 Å². The Bertz CT molecular complexity index is 606.